The van der Waals surface area contributed by atoms with Crippen LogP contribution < -0.4 is 5.73 Å². The van der Waals surface area contributed by atoms with E-state index in [1.165, 1.54) is 19.3 Å². The molecular weight excluding hydrogens is 319 g/mol. The zero-order valence-electron chi connectivity index (χ0n) is 16.0. The highest BCUT2D eigenvalue weighted by Crippen LogP contribution is 2.40. The zero-order valence-corrected chi connectivity index (χ0v) is 16.0. The number of hydrogen-bond donors (Lipinski definition) is 4. The second-order valence-electron chi connectivity index (χ2n) is 7.79. The maximum absolute atomic E-state index is 11.7. The van der Waals surface area contributed by atoms with Gasteiger partial charge in [0.05, 0.1) is 0 Å². The lowest BCUT2D eigenvalue weighted by molar-refractivity contribution is -0.148. The molecule has 7 heteroatoms. The molecule has 1 saturated heterocycles. The average molecular weight is 356 g/mol. The van der Waals surface area contributed by atoms with Crippen LogP contribution in [0.1, 0.15) is 65.2 Å². The maximum Gasteiger partial charge on any atom is 0.451 e. The molecule has 0 amide bonds. The van der Waals surface area contributed by atoms with Gasteiger partial charge in [0.15, 0.2) is 0 Å². The van der Waals surface area contributed by atoms with Gasteiger partial charge in [-0.05, 0) is 69.9 Å². The van der Waals surface area contributed by atoms with Crippen molar-refractivity contribution in [1.29, 1.82) is 0 Å². The molecule has 5 N–H and O–H groups in total. The lowest BCUT2D eigenvalue weighted by Crippen LogP contribution is -2.58. The highest BCUT2D eigenvalue weighted by Gasteiger charge is 2.46. The van der Waals surface area contributed by atoms with Gasteiger partial charge in [-0.3, -0.25) is 4.79 Å². The Morgan fingerprint density at radius 1 is 1.20 bits per heavy atom. The SMILES string of the molecule is CCC.NC1(C(=O)O)CC(CCB(O)O)CCC1CCN1CCCC1. The van der Waals surface area contributed by atoms with Gasteiger partial charge < -0.3 is 25.8 Å². The summed E-state index contributed by atoms with van der Waals surface area (Å²) in [4.78, 5) is 14.1. The topological polar surface area (TPSA) is 107 Å². The molecule has 3 atom stereocenters. The predicted molar refractivity (Wildman–Crippen MR) is 101 cm³/mol. The molecule has 0 aromatic rings. The smallest absolute Gasteiger partial charge is 0.451 e. The molecule has 2 rings (SSSR count). The van der Waals surface area contributed by atoms with Crippen LogP contribution in [0.3, 0.4) is 0 Å². The summed E-state index contributed by atoms with van der Waals surface area (Å²) in [6, 6.07) is 0. The molecule has 1 aliphatic heterocycles. The first-order valence-electron chi connectivity index (χ1n) is 9.94. The molecule has 1 heterocycles. The first kappa shape index (κ1) is 22.4. The number of carboxylic acid groups (broad SMARTS) is 1. The minimum atomic E-state index is -1.31. The number of aliphatic carboxylic acids is 1. The quantitative estimate of drug-likeness (QED) is 0.520. The number of rotatable bonds is 7. The molecule has 6 nitrogen and oxygen atoms in total. The van der Waals surface area contributed by atoms with Crippen molar-refractivity contribution in [1.82, 2.24) is 4.90 Å². The van der Waals surface area contributed by atoms with Crippen LogP contribution in [0.5, 0.6) is 0 Å². The fourth-order valence-electron chi connectivity index (χ4n) is 4.08. The Morgan fingerprint density at radius 2 is 1.80 bits per heavy atom. The minimum Gasteiger partial charge on any atom is -0.480 e. The van der Waals surface area contributed by atoms with Gasteiger partial charge in [-0.25, -0.2) is 0 Å². The lowest BCUT2D eigenvalue weighted by Gasteiger charge is -2.42. The van der Waals surface area contributed by atoms with Crippen molar-refractivity contribution < 1.29 is 19.9 Å². The first-order valence-corrected chi connectivity index (χ1v) is 9.94. The van der Waals surface area contributed by atoms with Crippen LogP contribution in [0.2, 0.25) is 6.32 Å². The summed E-state index contributed by atoms with van der Waals surface area (Å²) in [5.41, 5.74) is 5.12. The molecule has 2 fully saturated rings. The Hall–Kier alpha value is -0.625. The summed E-state index contributed by atoms with van der Waals surface area (Å²) >= 11 is 0. The molecule has 2 aliphatic rings. The van der Waals surface area contributed by atoms with Crippen LogP contribution in [-0.2, 0) is 4.79 Å². The molecule has 25 heavy (non-hydrogen) atoms. The number of carboxylic acids is 1. The highest BCUT2D eigenvalue weighted by atomic mass is 16.4. The van der Waals surface area contributed by atoms with Crippen molar-refractivity contribution >= 4 is 13.1 Å². The van der Waals surface area contributed by atoms with Crippen molar-refractivity contribution in [3.63, 3.8) is 0 Å². The van der Waals surface area contributed by atoms with E-state index in [0.717, 1.165) is 38.9 Å². The van der Waals surface area contributed by atoms with Crippen LogP contribution in [0.25, 0.3) is 0 Å². The fraction of sp³-hybridized carbons (Fsp3) is 0.944. The third-order valence-corrected chi connectivity index (χ3v) is 5.50. The summed E-state index contributed by atoms with van der Waals surface area (Å²) in [5.74, 6) is -0.722. The Bertz CT molecular complexity index is 391. The Morgan fingerprint density at radius 3 is 2.32 bits per heavy atom. The van der Waals surface area contributed by atoms with Crippen molar-refractivity contribution in [2.24, 2.45) is 17.6 Å². The normalized spacial score (nSPS) is 29.8. The number of carbonyl (C=O) groups is 1. The summed E-state index contributed by atoms with van der Waals surface area (Å²) in [5, 5.41) is 27.6. The van der Waals surface area contributed by atoms with Gasteiger partial charge in [0.25, 0.3) is 0 Å². The molecule has 146 valence electrons. The van der Waals surface area contributed by atoms with E-state index in [9.17, 15) is 9.90 Å². The monoisotopic (exact) mass is 356 g/mol. The van der Waals surface area contributed by atoms with E-state index >= 15 is 0 Å². The molecule has 1 aliphatic carbocycles. The van der Waals surface area contributed by atoms with Crippen molar-refractivity contribution in [2.45, 2.75) is 77.1 Å². The highest BCUT2D eigenvalue weighted by molar-refractivity contribution is 6.40. The average Bonchev–Trinajstić information content (AvgIpc) is 3.06. The number of likely N-dealkylation sites (tertiary alicyclic amines) is 1. The molecule has 0 radical (unpaired) electrons. The van der Waals surface area contributed by atoms with E-state index in [1.807, 2.05) is 0 Å². The number of nitrogens with zero attached hydrogens (tertiary/aromatic N) is 1. The first-order chi connectivity index (χ1) is 11.8. The van der Waals surface area contributed by atoms with E-state index in [2.05, 4.69) is 18.7 Å². The molecule has 3 unspecified atom stereocenters. The van der Waals surface area contributed by atoms with Crippen molar-refractivity contribution in [3.05, 3.63) is 0 Å². The molecule has 0 spiro atoms. The van der Waals surface area contributed by atoms with Crippen LogP contribution in [0, 0.1) is 11.8 Å². The Labute approximate surface area is 152 Å². The summed E-state index contributed by atoms with van der Waals surface area (Å²) in [6.45, 7) is 7.43. The van der Waals surface area contributed by atoms with E-state index in [0.29, 0.717) is 19.2 Å². The van der Waals surface area contributed by atoms with Crippen LogP contribution in [0.15, 0.2) is 0 Å². The van der Waals surface area contributed by atoms with Gasteiger partial charge in [0.1, 0.15) is 5.54 Å². The van der Waals surface area contributed by atoms with Gasteiger partial charge >= 0.3 is 13.1 Å². The lowest BCUT2D eigenvalue weighted by atomic mass is 9.65. The summed E-state index contributed by atoms with van der Waals surface area (Å²) in [7, 11) is -1.31. The molecule has 0 bridgehead atoms. The van der Waals surface area contributed by atoms with E-state index in [1.54, 1.807) is 0 Å². The minimum absolute atomic E-state index is 0.0147. The van der Waals surface area contributed by atoms with Crippen LogP contribution in [0.4, 0.5) is 0 Å². The molecule has 1 saturated carbocycles. The second kappa shape index (κ2) is 11.2. The van der Waals surface area contributed by atoms with Gasteiger partial charge in [-0.15, -0.1) is 0 Å². The van der Waals surface area contributed by atoms with Gasteiger partial charge in [0.2, 0.25) is 0 Å². The Balaban J connectivity index is 0.000000970. The Kier molecular flexibility index (Phi) is 10.0. The van der Waals surface area contributed by atoms with E-state index < -0.39 is 18.6 Å². The van der Waals surface area contributed by atoms with Gasteiger partial charge in [0, 0.05) is 0 Å². The zero-order chi connectivity index (χ0) is 18.9. The van der Waals surface area contributed by atoms with Gasteiger partial charge in [-0.2, -0.15) is 0 Å². The largest absolute Gasteiger partial charge is 0.480 e. The van der Waals surface area contributed by atoms with Gasteiger partial charge in [-0.1, -0.05) is 33.1 Å². The number of nitrogens with two attached hydrogens (primary N) is 1. The standard InChI is InChI=1S/C15H29BN2O4.C3H8/c17-15(14(19)20)11-12(5-7-16(21)22)3-4-13(15)6-10-18-8-1-2-9-18;1-3-2/h12-13,21-22H,1-11,17H2,(H,19,20);3H2,1-2H3. The van der Waals surface area contributed by atoms with E-state index in [4.69, 9.17) is 15.8 Å². The molecular formula is C18H37BN2O4. The second-order valence-corrected chi connectivity index (χ2v) is 7.79. The molecule has 0 aromatic heterocycles. The van der Waals surface area contributed by atoms with E-state index in [-0.39, 0.29) is 11.8 Å². The third-order valence-electron chi connectivity index (χ3n) is 5.50. The van der Waals surface area contributed by atoms with Crippen molar-refractivity contribution in [3.8, 4) is 0 Å². The summed E-state index contributed by atoms with van der Waals surface area (Å²) in [6.07, 6.45) is 7.69. The third kappa shape index (κ3) is 7.25. The van der Waals surface area contributed by atoms with Crippen molar-refractivity contribution in [2.75, 3.05) is 19.6 Å². The van der Waals surface area contributed by atoms with Crippen LogP contribution >= 0.6 is 0 Å². The predicted octanol–water partition coefficient (Wildman–Crippen LogP) is 1.95. The van der Waals surface area contributed by atoms with Crippen LogP contribution in [-0.4, -0.2) is 58.3 Å². The summed E-state index contributed by atoms with van der Waals surface area (Å²) < 4.78 is 0. The number of hydrogen-bond acceptors (Lipinski definition) is 5. The molecule has 0 aromatic carbocycles. The maximum atomic E-state index is 11.7. The fourth-order valence-corrected chi connectivity index (χ4v) is 4.08.